The Hall–Kier alpha value is -5.42. The molecule has 1 aliphatic rings. The molecule has 0 bridgehead atoms. The number of amides is 2. The van der Waals surface area contributed by atoms with Gasteiger partial charge in [-0.3, -0.25) is 50.0 Å². The van der Waals surface area contributed by atoms with E-state index in [0.29, 0.717) is 12.1 Å². The largest absolute Gasteiger partial charge is 0.392 e. The van der Waals surface area contributed by atoms with Crippen molar-refractivity contribution < 1.29 is 29.3 Å². The molecule has 0 aromatic heterocycles. The molecule has 2 aromatic rings. The first-order valence-corrected chi connectivity index (χ1v) is 9.86. The lowest BCUT2D eigenvalue weighted by Gasteiger charge is -2.35. The minimum Gasteiger partial charge on any atom is -0.392 e. The quantitative estimate of drug-likeness (QED) is 0.318. The van der Waals surface area contributed by atoms with Crippen molar-refractivity contribution in [2.75, 3.05) is 37.6 Å². The number of nitro benzene ring substituents is 4. The van der Waals surface area contributed by atoms with Crippen LogP contribution >= 0.6 is 0 Å². The molecule has 36 heavy (non-hydrogen) atoms. The highest BCUT2D eigenvalue weighted by Crippen LogP contribution is 2.33. The van der Waals surface area contributed by atoms with Gasteiger partial charge in [-0.1, -0.05) is 0 Å². The number of anilines is 2. The molecule has 1 saturated heterocycles. The van der Waals surface area contributed by atoms with Crippen molar-refractivity contribution in [2.24, 2.45) is 0 Å². The van der Waals surface area contributed by atoms with E-state index in [1.807, 2.05) is 0 Å². The Morgan fingerprint density at radius 2 is 0.917 bits per heavy atom. The number of hydrogen-bond donors (Lipinski definition) is 2. The van der Waals surface area contributed by atoms with Gasteiger partial charge in [-0.15, -0.1) is 0 Å². The molecule has 0 radical (unpaired) electrons. The summed E-state index contributed by atoms with van der Waals surface area (Å²) in [6, 6.07) is 2.88. The van der Waals surface area contributed by atoms with Crippen LogP contribution < -0.4 is 11.5 Å². The predicted molar refractivity (Wildman–Crippen MR) is 120 cm³/mol. The lowest BCUT2D eigenvalue weighted by molar-refractivity contribution is -0.393. The highest BCUT2D eigenvalue weighted by atomic mass is 16.6. The molecule has 0 spiro atoms. The smallest absolute Gasteiger partial charge is 0.299 e. The number of non-ortho nitro benzene ring substituents is 2. The molecule has 2 amide bonds. The molecule has 1 fully saturated rings. The van der Waals surface area contributed by atoms with Gasteiger partial charge >= 0.3 is 0 Å². The maximum absolute atomic E-state index is 12.9. The number of rotatable bonds is 6. The summed E-state index contributed by atoms with van der Waals surface area (Å²) in [4.78, 5) is 69.1. The summed E-state index contributed by atoms with van der Waals surface area (Å²) in [5.41, 5.74) is 6.30. The van der Waals surface area contributed by atoms with Gasteiger partial charge < -0.3 is 21.3 Å². The zero-order valence-corrected chi connectivity index (χ0v) is 18.1. The van der Waals surface area contributed by atoms with Crippen LogP contribution in [0.1, 0.15) is 20.7 Å². The van der Waals surface area contributed by atoms with Crippen molar-refractivity contribution in [1.29, 1.82) is 0 Å². The van der Waals surface area contributed by atoms with Gasteiger partial charge in [-0.2, -0.15) is 0 Å². The van der Waals surface area contributed by atoms with Crippen LogP contribution in [-0.2, 0) is 0 Å². The first-order valence-electron chi connectivity index (χ1n) is 9.86. The second-order valence-corrected chi connectivity index (χ2v) is 7.47. The molecule has 18 nitrogen and oxygen atoms in total. The summed E-state index contributed by atoms with van der Waals surface area (Å²) in [6.07, 6.45) is 0. The zero-order chi connectivity index (χ0) is 26.9. The van der Waals surface area contributed by atoms with Crippen molar-refractivity contribution in [3.05, 3.63) is 75.8 Å². The fourth-order valence-corrected chi connectivity index (χ4v) is 3.57. The van der Waals surface area contributed by atoms with Crippen molar-refractivity contribution in [3.63, 3.8) is 0 Å². The third-order valence-electron chi connectivity index (χ3n) is 5.42. The summed E-state index contributed by atoms with van der Waals surface area (Å²) < 4.78 is 0. The number of piperazine rings is 1. The first kappa shape index (κ1) is 25.2. The van der Waals surface area contributed by atoms with E-state index in [9.17, 15) is 50.0 Å². The van der Waals surface area contributed by atoms with Crippen molar-refractivity contribution in [2.45, 2.75) is 0 Å². The topological polar surface area (TPSA) is 265 Å². The zero-order valence-electron chi connectivity index (χ0n) is 18.1. The maximum atomic E-state index is 12.9. The van der Waals surface area contributed by atoms with Crippen molar-refractivity contribution in [3.8, 4) is 0 Å². The van der Waals surface area contributed by atoms with Crippen LogP contribution in [0.4, 0.5) is 34.1 Å². The van der Waals surface area contributed by atoms with Crippen LogP contribution in [0.15, 0.2) is 24.3 Å². The van der Waals surface area contributed by atoms with E-state index < -0.39 is 76.8 Å². The standard InChI is InChI=1S/C18H16N8O10/c19-15-11(5-9(23(29)30)7-13(15)25(33)34)17(27)21-1-2-22(4-3-21)18(28)12-6-10(24(31)32)8-14(16(12)20)26(35)36/h5-8H,1-4,19-20H2. The van der Waals surface area contributed by atoms with Gasteiger partial charge in [0.1, 0.15) is 11.4 Å². The average Bonchev–Trinajstić information content (AvgIpc) is 2.82. The fourth-order valence-electron chi connectivity index (χ4n) is 3.57. The third kappa shape index (κ3) is 4.62. The number of benzene rings is 2. The summed E-state index contributed by atoms with van der Waals surface area (Å²) in [5, 5.41) is 44.7. The molecule has 0 unspecified atom stereocenters. The monoisotopic (exact) mass is 504 g/mol. The second kappa shape index (κ2) is 9.44. The number of carbonyl (C=O) groups excluding carboxylic acids is 2. The predicted octanol–water partition coefficient (Wildman–Crippen LogP) is 1.08. The minimum absolute atomic E-state index is 0.141. The van der Waals surface area contributed by atoms with E-state index in [2.05, 4.69) is 0 Å². The lowest BCUT2D eigenvalue weighted by Crippen LogP contribution is -2.50. The first-order chi connectivity index (χ1) is 16.8. The van der Waals surface area contributed by atoms with Crippen LogP contribution in [0, 0.1) is 40.5 Å². The van der Waals surface area contributed by atoms with Gasteiger partial charge in [-0.05, 0) is 0 Å². The highest BCUT2D eigenvalue weighted by molar-refractivity contribution is 6.03. The summed E-state index contributed by atoms with van der Waals surface area (Å²) in [5.74, 6) is -1.70. The number of carbonyl (C=O) groups is 2. The molecular formula is C18H16N8O10. The molecule has 1 aliphatic heterocycles. The SMILES string of the molecule is Nc1c(C(=O)N2CCN(C(=O)c3cc([N+](=O)[O-])cc([N+](=O)[O-])c3N)CC2)cc([N+](=O)[O-])cc1[N+](=O)[O-]. The Bertz CT molecular complexity index is 1230. The molecule has 18 heteroatoms. The molecule has 1 heterocycles. The van der Waals surface area contributed by atoms with Crippen LogP contribution in [0.2, 0.25) is 0 Å². The third-order valence-corrected chi connectivity index (χ3v) is 5.42. The molecule has 0 aliphatic carbocycles. The Kier molecular flexibility index (Phi) is 6.61. The molecule has 2 aromatic carbocycles. The van der Waals surface area contributed by atoms with Gasteiger partial charge in [-0.25, -0.2) is 0 Å². The minimum atomic E-state index is -0.960. The van der Waals surface area contributed by atoms with E-state index in [4.69, 9.17) is 11.5 Å². The van der Waals surface area contributed by atoms with Crippen LogP contribution in [0.25, 0.3) is 0 Å². The Balaban J connectivity index is 1.85. The Morgan fingerprint density at radius 3 is 1.17 bits per heavy atom. The fraction of sp³-hybridized carbons (Fsp3) is 0.222. The number of nitrogens with two attached hydrogens (primary N) is 2. The van der Waals surface area contributed by atoms with Crippen LogP contribution in [0.5, 0.6) is 0 Å². The molecule has 188 valence electrons. The summed E-state index contributed by atoms with van der Waals surface area (Å²) in [6.45, 7) is -0.566. The number of nitrogen functional groups attached to an aromatic ring is 2. The van der Waals surface area contributed by atoms with Gasteiger partial charge in [0.2, 0.25) is 0 Å². The highest BCUT2D eigenvalue weighted by Gasteiger charge is 2.33. The van der Waals surface area contributed by atoms with Gasteiger partial charge in [0.05, 0.1) is 43.0 Å². The maximum Gasteiger partial charge on any atom is 0.299 e. The second-order valence-electron chi connectivity index (χ2n) is 7.47. The van der Waals surface area contributed by atoms with Crippen molar-refractivity contribution in [1.82, 2.24) is 9.80 Å². The average molecular weight is 504 g/mol. The van der Waals surface area contributed by atoms with E-state index in [-0.39, 0.29) is 26.2 Å². The van der Waals surface area contributed by atoms with Gasteiger partial charge in [0, 0.05) is 38.3 Å². The van der Waals surface area contributed by atoms with Crippen LogP contribution in [0.3, 0.4) is 0 Å². The van der Waals surface area contributed by atoms with E-state index in [1.165, 1.54) is 0 Å². The van der Waals surface area contributed by atoms with Crippen LogP contribution in [-0.4, -0.2) is 67.5 Å². The lowest BCUT2D eigenvalue weighted by atomic mass is 10.1. The normalized spacial score (nSPS) is 13.2. The Labute approximate surface area is 199 Å². The summed E-state index contributed by atoms with van der Waals surface area (Å²) in [7, 11) is 0. The van der Waals surface area contributed by atoms with E-state index >= 15 is 0 Å². The van der Waals surface area contributed by atoms with Gasteiger partial charge in [0.15, 0.2) is 0 Å². The van der Waals surface area contributed by atoms with E-state index in [0.717, 1.165) is 21.9 Å². The molecule has 4 N–H and O–H groups in total. The molecular weight excluding hydrogens is 488 g/mol. The number of nitrogens with zero attached hydrogens (tertiary/aromatic N) is 6. The van der Waals surface area contributed by atoms with E-state index in [1.54, 1.807) is 0 Å². The van der Waals surface area contributed by atoms with Gasteiger partial charge in [0.25, 0.3) is 34.6 Å². The molecule has 3 rings (SSSR count). The number of hydrogen-bond acceptors (Lipinski definition) is 12. The number of nitro groups is 4. The summed E-state index contributed by atoms with van der Waals surface area (Å²) >= 11 is 0. The van der Waals surface area contributed by atoms with Crippen molar-refractivity contribution >= 4 is 45.9 Å². The molecule has 0 saturated carbocycles. The Morgan fingerprint density at radius 1 is 0.611 bits per heavy atom. The molecule has 0 atom stereocenters.